The number of amides is 1. The smallest absolute Gasteiger partial charge is 0.251 e. The topological polar surface area (TPSA) is 47.6 Å². The molecule has 0 aliphatic heterocycles. The Bertz CT molecular complexity index is 681. The van der Waals surface area contributed by atoms with Gasteiger partial charge in [0.25, 0.3) is 5.91 Å². The molecule has 1 N–H and O–H groups in total. The number of hydrogen-bond acceptors (Lipinski definition) is 3. The van der Waals surface area contributed by atoms with Crippen LogP contribution in [0, 0.1) is 0 Å². The summed E-state index contributed by atoms with van der Waals surface area (Å²) in [5.41, 5.74) is 2.42. The zero-order valence-electron chi connectivity index (χ0n) is 12.9. The van der Waals surface area contributed by atoms with Gasteiger partial charge in [-0.25, -0.2) is 0 Å². The monoisotopic (exact) mass is 353 g/mol. The van der Waals surface area contributed by atoms with Gasteiger partial charge in [0.05, 0.1) is 23.8 Å². The van der Waals surface area contributed by atoms with E-state index in [4.69, 9.17) is 32.7 Å². The van der Waals surface area contributed by atoms with Gasteiger partial charge in [0, 0.05) is 19.2 Å². The number of rotatable bonds is 6. The molecule has 0 aromatic heterocycles. The van der Waals surface area contributed by atoms with Crippen LogP contribution in [0.3, 0.4) is 0 Å². The maximum Gasteiger partial charge on any atom is 0.251 e. The van der Waals surface area contributed by atoms with Gasteiger partial charge in [-0.1, -0.05) is 47.5 Å². The van der Waals surface area contributed by atoms with E-state index in [2.05, 4.69) is 5.32 Å². The number of benzene rings is 2. The highest BCUT2D eigenvalue weighted by atomic mass is 35.5. The van der Waals surface area contributed by atoms with Crippen LogP contribution in [-0.2, 0) is 17.9 Å². The number of methoxy groups -OCH3 is 2. The summed E-state index contributed by atoms with van der Waals surface area (Å²) in [7, 11) is 3.12. The van der Waals surface area contributed by atoms with E-state index in [-0.39, 0.29) is 5.91 Å². The van der Waals surface area contributed by atoms with Gasteiger partial charge in [-0.3, -0.25) is 4.79 Å². The average molecular weight is 354 g/mol. The summed E-state index contributed by atoms with van der Waals surface area (Å²) in [6, 6.07) is 10.9. The maximum absolute atomic E-state index is 12.2. The van der Waals surface area contributed by atoms with Crippen molar-refractivity contribution in [3.63, 3.8) is 0 Å². The van der Waals surface area contributed by atoms with Crippen molar-refractivity contribution in [3.8, 4) is 5.75 Å². The molecule has 0 saturated heterocycles. The fraction of sp³-hybridized carbons (Fsp3) is 0.235. The highest BCUT2D eigenvalue weighted by Crippen LogP contribution is 2.33. The summed E-state index contributed by atoms with van der Waals surface area (Å²) in [4.78, 5) is 12.2. The lowest BCUT2D eigenvalue weighted by molar-refractivity contribution is 0.0951. The van der Waals surface area contributed by atoms with Crippen molar-refractivity contribution in [2.75, 3.05) is 14.2 Å². The number of halogens is 2. The van der Waals surface area contributed by atoms with Crippen LogP contribution in [0.15, 0.2) is 36.4 Å². The van der Waals surface area contributed by atoms with E-state index in [1.54, 1.807) is 7.11 Å². The number of ether oxygens (including phenoxy) is 2. The van der Waals surface area contributed by atoms with Crippen LogP contribution in [0.5, 0.6) is 5.75 Å². The zero-order chi connectivity index (χ0) is 16.8. The zero-order valence-corrected chi connectivity index (χ0v) is 14.4. The molecule has 0 radical (unpaired) electrons. The molecule has 0 aliphatic carbocycles. The molecule has 1 amide bonds. The molecular formula is C17H17Cl2NO3. The molecule has 0 aliphatic rings. The molecule has 2 aromatic rings. The van der Waals surface area contributed by atoms with Crippen LogP contribution in [0.25, 0.3) is 0 Å². The Kier molecular flexibility index (Phi) is 6.28. The van der Waals surface area contributed by atoms with E-state index in [0.29, 0.717) is 34.5 Å². The molecule has 6 heteroatoms. The van der Waals surface area contributed by atoms with Gasteiger partial charge in [0.15, 0.2) is 5.75 Å². The van der Waals surface area contributed by atoms with Crippen molar-refractivity contribution < 1.29 is 14.3 Å². The average Bonchev–Trinajstić information content (AvgIpc) is 2.53. The Hall–Kier alpha value is -1.75. The minimum absolute atomic E-state index is 0.256. The third-order valence-corrected chi connectivity index (χ3v) is 3.78. The first kappa shape index (κ1) is 17.6. The second-order valence-corrected chi connectivity index (χ2v) is 5.72. The fourth-order valence-corrected chi connectivity index (χ4v) is 2.81. The molecule has 4 nitrogen and oxygen atoms in total. The molecule has 0 unspecified atom stereocenters. The lowest BCUT2D eigenvalue weighted by Gasteiger charge is -2.10. The molecule has 0 bridgehead atoms. The highest BCUT2D eigenvalue weighted by Gasteiger charge is 2.13. The standard InChI is InChI=1S/C17H17Cl2NO3/c1-22-10-12-5-3-4-11(6-12)9-20-17(21)13-7-14(18)16(23-2)15(19)8-13/h3-8H,9-10H2,1-2H3,(H,20,21). The largest absolute Gasteiger partial charge is 0.494 e. The van der Waals surface area contributed by atoms with Crippen LogP contribution < -0.4 is 10.1 Å². The first-order chi connectivity index (χ1) is 11.0. The minimum Gasteiger partial charge on any atom is -0.494 e. The molecule has 122 valence electrons. The summed E-state index contributed by atoms with van der Waals surface area (Å²) in [5.74, 6) is 0.103. The van der Waals surface area contributed by atoms with Gasteiger partial charge in [0.2, 0.25) is 0 Å². The predicted octanol–water partition coefficient (Wildman–Crippen LogP) is 4.08. The van der Waals surface area contributed by atoms with E-state index >= 15 is 0 Å². The summed E-state index contributed by atoms with van der Waals surface area (Å²) in [6.45, 7) is 0.934. The minimum atomic E-state index is -0.256. The summed E-state index contributed by atoms with van der Waals surface area (Å²) < 4.78 is 10.2. The van der Waals surface area contributed by atoms with Crippen molar-refractivity contribution in [2.24, 2.45) is 0 Å². The number of carbonyl (C=O) groups excluding carboxylic acids is 1. The van der Waals surface area contributed by atoms with E-state index in [1.165, 1.54) is 19.2 Å². The van der Waals surface area contributed by atoms with E-state index in [9.17, 15) is 4.79 Å². The molecule has 0 fully saturated rings. The van der Waals surface area contributed by atoms with E-state index < -0.39 is 0 Å². The molecule has 2 rings (SSSR count). The van der Waals surface area contributed by atoms with Crippen molar-refractivity contribution in [1.82, 2.24) is 5.32 Å². The predicted molar refractivity (Wildman–Crippen MR) is 91.3 cm³/mol. The number of hydrogen-bond donors (Lipinski definition) is 1. The first-order valence-electron chi connectivity index (χ1n) is 6.93. The van der Waals surface area contributed by atoms with Crippen molar-refractivity contribution in [1.29, 1.82) is 0 Å². The van der Waals surface area contributed by atoms with Gasteiger partial charge < -0.3 is 14.8 Å². The van der Waals surface area contributed by atoms with Crippen molar-refractivity contribution >= 4 is 29.1 Å². The molecule has 0 heterocycles. The summed E-state index contributed by atoms with van der Waals surface area (Å²) in [5, 5.41) is 3.44. The van der Waals surface area contributed by atoms with Gasteiger partial charge >= 0.3 is 0 Å². The summed E-state index contributed by atoms with van der Waals surface area (Å²) >= 11 is 12.1. The normalized spacial score (nSPS) is 10.4. The quantitative estimate of drug-likeness (QED) is 0.850. The molecule has 0 spiro atoms. The first-order valence-corrected chi connectivity index (χ1v) is 7.68. The Morgan fingerprint density at radius 3 is 2.35 bits per heavy atom. The molecular weight excluding hydrogens is 337 g/mol. The van der Waals surface area contributed by atoms with Gasteiger partial charge in [-0.2, -0.15) is 0 Å². The second kappa shape index (κ2) is 8.20. The third-order valence-electron chi connectivity index (χ3n) is 3.22. The number of carbonyl (C=O) groups is 1. The van der Waals surface area contributed by atoms with Gasteiger partial charge in [0.1, 0.15) is 0 Å². The van der Waals surface area contributed by atoms with Crippen LogP contribution >= 0.6 is 23.2 Å². The molecule has 0 atom stereocenters. The Morgan fingerprint density at radius 2 is 1.74 bits per heavy atom. The Morgan fingerprint density at radius 1 is 1.09 bits per heavy atom. The van der Waals surface area contributed by atoms with Crippen LogP contribution in [0.2, 0.25) is 10.0 Å². The van der Waals surface area contributed by atoms with E-state index in [0.717, 1.165) is 11.1 Å². The summed E-state index contributed by atoms with van der Waals surface area (Å²) in [6.07, 6.45) is 0. The molecule has 2 aromatic carbocycles. The second-order valence-electron chi connectivity index (χ2n) is 4.91. The highest BCUT2D eigenvalue weighted by molar-refractivity contribution is 6.37. The van der Waals surface area contributed by atoms with Crippen LogP contribution in [0.1, 0.15) is 21.5 Å². The number of nitrogens with one attached hydrogen (secondary N) is 1. The lowest BCUT2D eigenvalue weighted by Crippen LogP contribution is -2.22. The molecule has 23 heavy (non-hydrogen) atoms. The third kappa shape index (κ3) is 4.61. The fourth-order valence-electron chi connectivity index (χ4n) is 2.17. The van der Waals surface area contributed by atoms with Crippen molar-refractivity contribution in [3.05, 3.63) is 63.1 Å². The Labute approximate surface area is 145 Å². The van der Waals surface area contributed by atoms with Crippen LogP contribution in [0.4, 0.5) is 0 Å². The van der Waals surface area contributed by atoms with E-state index in [1.807, 2.05) is 24.3 Å². The maximum atomic E-state index is 12.2. The van der Waals surface area contributed by atoms with Gasteiger partial charge in [-0.05, 0) is 23.3 Å². The van der Waals surface area contributed by atoms with Crippen LogP contribution in [-0.4, -0.2) is 20.1 Å². The van der Waals surface area contributed by atoms with Crippen molar-refractivity contribution in [2.45, 2.75) is 13.2 Å². The lowest BCUT2D eigenvalue weighted by atomic mass is 10.1. The molecule has 0 saturated carbocycles. The Balaban J connectivity index is 2.06. The SMILES string of the molecule is COCc1cccc(CNC(=O)c2cc(Cl)c(OC)c(Cl)c2)c1. The van der Waals surface area contributed by atoms with Gasteiger partial charge in [-0.15, -0.1) is 0 Å².